The smallest absolute Gasteiger partial charge is 0.110 e. The van der Waals surface area contributed by atoms with Crippen LogP contribution in [-0.4, -0.2) is 43.0 Å². The van der Waals surface area contributed by atoms with Crippen molar-refractivity contribution < 1.29 is 0 Å². The van der Waals surface area contributed by atoms with Gasteiger partial charge in [0.25, 0.3) is 0 Å². The molecule has 0 unspecified atom stereocenters. The molecular formula is C20H22N6S. The minimum atomic E-state index is 0.582. The number of hydrogen-bond donors (Lipinski definition) is 1. The molecule has 1 aliphatic heterocycles. The van der Waals surface area contributed by atoms with Crippen LogP contribution < -0.4 is 0 Å². The topological polar surface area (TPSA) is 62.6 Å². The summed E-state index contributed by atoms with van der Waals surface area (Å²) in [6.07, 6.45) is 6.22. The van der Waals surface area contributed by atoms with Crippen molar-refractivity contribution in [2.45, 2.75) is 25.3 Å². The number of nitrogens with zero attached hydrogens (tertiary/aromatic N) is 5. The highest BCUT2D eigenvalue weighted by Crippen LogP contribution is 2.34. The zero-order valence-corrected chi connectivity index (χ0v) is 16.1. The molecule has 1 fully saturated rings. The zero-order valence-electron chi connectivity index (χ0n) is 15.3. The summed E-state index contributed by atoms with van der Waals surface area (Å²) in [4.78, 5) is 7.38. The lowest BCUT2D eigenvalue weighted by Crippen LogP contribution is -2.32. The first-order valence-corrected chi connectivity index (χ1v) is 10.2. The number of aromatic nitrogens is 5. The van der Waals surface area contributed by atoms with Gasteiger partial charge in [-0.15, -0.1) is 11.3 Å². The van der Waals surface area contributed by atoms with Gasteiger partial charge < -0.3 is 0 Å². The zero-order chi connectivity index (χ0) is 18.2. The normalized spacial score (nSPS) is 16.3. The third-order valence-electron chi connectivity index (χ3n) is 5.33. The van der Waals surface area contributed by atoms with Crippen molar-refractivity contribution in [2.24, 2.45) is 7.05 Å². The molecular weight excluding hydrogens is 356 g/mol. The molecule has 0 radical (unpaired) electrons. The van der Waals surface area contributed by atoms with Crippen LogP contribution in [0.15, 0.2) is 42.7 Å². The third kappa shape index (κ3) is 3.28. The fourth-order valence-corrected chi connectivity index (χ4v) is 4.98. The van der Waals surface area contributed by atoms with Crippen molar-refractivity contribution in [3.63, 3.8) is 0 Å². The summed E-state index contributed by atoms with van der Waals surface area (Å²) in [6, 6.07) is 10.5. The maximum atomic E-state index is 4.87. The number of nitrogens with one attached hydrogen (secondary N) is 1. The van der Waals surface area contributed by atoms with Crippen molar-refractivity contribution in [2.75, 3.05) is 13.1 Å². The summed E-state index contributed by atoms with van der Waals surface area (Å²) in [7, 11) is 1.94. The first kappa shape index (κ1) is 16.6. The van der Waals surface area contributed by atoms with Gasteiger partial charge in [0.2, 0.25) is 0 Å². The number of aromatic amines is 1. The summed E-state index contributed by atoms with van der Waals surface area (Å²) >= 11 is 1.86. The molecule has 0 amide bonds. The second-order valence-corrected chi connectivity index (χ2v) is 8.28. The van der Waals surface area contributed by atoms with Crippen molar-refractivity contribution in [1.29, 1.82) is 0 Å². The Labute approximate surface area is 161 Å². The molecule has 1 aliphatic rings. The fraction of sp³-hybridized carbons (Fsp3) is 0.350. The van der Waals surface area contributed by atoms with E-state index in [0.29, 0.717) is 5.92 Å². The number of thiazole rings is 1. The molecule has 7 heteroatoms. The Morgan fingerprint density at radius 1 is 1.19 bits per heavy atom. The lowest BCUT2D eigenvalue weighted by atomic mass is 9.97. The van der Waals surface area contributed by atoms with Gasteiger partial charge in [-0.1, -0.05) is 12.1 Å². The summed E-state index contributed by atoms with van der Waals surface area (Å²) < 4.78 is 3.12. The summed E-state index contributed by atoms with van der Waals surface area (Å²) in [5, 5.41) is 13.2. The molecule has 0 saturated carbocycles. The van der Waals surface area contributed by atoms with Crippen LogP contribution >= 0.6 is 11.3 Å². The Morgan fingerprint density at radius 2 is 2.04 bits per heavy atom. The highest BCUT2D eigenvalue weighted by molar-refractivity contribution is 7.18. The molecule has 0 bridgehead atoms. The van der Waals surface area contributed by atoms with E-state index in [1.807, 2.05) is 41.5 Å². The number of hydrogen-bond acceptors (Lipinski definition) is 5. The van der Waals surface area contributed by atoms with E-state index < -0.39 is 0 Å². The van der Waals surface area contributed by atoms with E-state index in [9.17, 15) is 0 Å². The quantitative estimate of drug-likeness (QED) is 0.587. The Bertz CT molecular complexity index is 1020. The lowest BCUT2D eigenvalue weighted by molar-refractivity contribution is 0.205. The van der Waals surface area contributed by atoms with Crippen LogP contribution in [0.1, 0.15) is 29.3 Å². The second kappa shape index (κ2) is 6.90. The molecule has 5 rings (SSSR count). The van der Waals surface area contributed by atoms with Crippen LogP contribution in [0.5, 0.6) is 0 Å². The van der Waals surface area contributed by atoms with Crippen LogP contribution in [0.4, 0.5) is 0 Å². The summed E-state index contributed by atoms with van der Waals surface area (Å²) in [6.45, 7) is 3.09. The first-order chi connectivity index (χ1) is 13.3. The molecule has 1 saturated heterocycles. The number of fused-ring (bicyclic) bond motifs is 1. The van der Waals surface area contributed by atoms with Crippen LogP contribution in [0.3, 0.4) is 0 Å². The van der Waals surface area contributed by atoms with Crippen LogP contribution in [0.25, 0.3) is 21.6 Å². The van der Waals surface area contributed by atoms with Gasteiger partial charge in [0.05, 0.1) is 27.1 Å². The molecule has 3 aromatic heterocycles. The summed E-state index contributed by atoms with van der Waals surface area (Å²) in [5.41, 5.74) is 4.34. The number of para-hydroxylation sites is 1. The van der Waals surface area contributed by atoms with E-state index in [1.54, 1.807) is 0 Å². The van der Waals surface area contributed by atoms with Gasteiger partial charge in [0.1, 0.15) is 5.69 Å². The fourth-order valence-electron chi connectivity index (χ4n) is 3.84. The lowest BCUT2D eigenvalue weighted by Gasteiger charge is -2.30. The van der Waals surface area contributed by atoms with Gasteiger partial charge in [-0.2, -0.15) is 10.2 Å². The minimum absolute atomic E-state index is 0.582. The molecule has 138 valence electrons. The monoisotopic (exact) mass is 378 g/mol. The maximum absolute atomic E-state index is 4.87. The van der Waals surface area contributed by atoms with Crippen LogP contribution in [-0.2, 0) is 13.6 Å². The molecule has 0 spiro atoms. The summed E-state index contributed by atoms with van der Waals surface area (Å²) in [5.74, 6) is 0.582. The highest BCUT2D eigenvalue weighted by Gasteiger charge is 2.24. The maximum Gasteiger partial charge on any atom is 0.110 e. The molecule has 0 atom stereocenters. The third-order valence-corrected chi connectivity index (χ3v) is 6.53. The molecule has 6 nitrogen and oxygen atoms in total. The number of H-pyrrole nitrogens is 1. The number of piperidine rings is 1. The number of rotatable bonds is 4. The Hall–Kier alpha value is -2.51. The SMILES string of the molecule is Cn1ccc(-c2[nH]ncc2CN2CCC(c3nc4ccccc4s3)CC2)n1. The van der Waals surface area contributed by atoms with Crippen molar-refractivity contribution in [1.82, 2.24) is 29.9 Å². The Balaban J connectivity index is 1.26. The van der Waals surface area contributed by atoms with E-state index in [-0.39, 0.29) is 0 Å². The molecule has 4 aromatic rings. The largest absolute Gasteiger partial charge is 0.299 e. The number of benzene rings is 1. The van der Waals surface area contributed by atoms with E-state index in [4.69, 9.17) is 4.98 Å². The van der Waals surface area contributed by atoms with Crippen molar-refractivity contribution in [3.8, 4) is 11.4 Å². The van der Waals surface area contributed by atoms with E-state index in [0.717, 1.165) is 49.4 Å². The standard InChI is InChI=1S/C20H22N6S/c1-25-9-8-17(24-25)19-15(12-21-23-19)13-26-10-6-14(7-11-26)20-22-16-4-2-3-5-18(16)27-20/h2-5,8-9,12,14H,6-7,10-11,13H2,1H3,(H,21,23). The van der Waals surface area contributed by atoms with Gasteiger partial charge in [0.15, 0.2) is 0 Å². The van der Waals surface area contributed by atoms with Crippen LogP contribution in [0.2, 0.25) is 0 Å². The van der Waals surface area contributed by atoms with Gasteiger partial charge in [-0.05, 0) is 44.1 Å². The molecule has 27 heavy (non-hydrogen) atoms. The predicted molar refractivity (Wildman–Crippen MR) is 108 cm³/mol. The molecule has 4 heterocycles. The average molecular weight is 379 g/mol. The second-order valence-electron chi connectivity index (χ2n) is 7.22. The molecule has 1 aromatic carbocycles. The van der Waals surface area contributed by atoms with Gasteiger partial charge >= 0.3 is 0 Å². The Kier molecular flexibility index (Phi) is 4.26. The predicted octanol–water partition coefficient (Wildman–Crippen LogP) is 3.80. The van der Waals surface area contributed by atoms with Gasteiger partial charge in [-0.3, -0.25) is 14.7 Å². The van der Waals surface area contributed by atoms with Crippen LogP contribution in [0, 0.1) is 0 Å². The van der Waals surface area contributed by atoms with Crippen molar-refractivity contribution in [3.05, 3.63) is 53.3 Å². The molecule has 0 aliphatic carbocycles. The van der Waals surface area contributed by atoms with E-state index in [2.05, 4.69) is 44.5 Å². The van der Waals surface area contributed by atoms with Crippen molar-refractivity contribution >= 4 is 21.6 Å². The van der Waals surface area contributed by atoms with E-state index in [1.165, 1.54) is 15.3 Å². The highest BCUT2D eigenvalue weighted by atomic mass is 32.1. The average Bonchev–Trinajstić information content (AvgIpc) is 3.41. The minimum Gasteiger partial charge on any atom is -0.299 e. The number of likely N-dealkylation sites (tertiary alicyclic amines) is 1. The Morgan fingerprint density at radius 3 is 2.81 bits per heavy atom. The van der Waals surface area contributed by atoms with Gasteiger partial charge in [0, 0.05) is 31.3 Å². The first-order valence-electron chi connectivity index (χ1n) is 9.36. The number of aryl methyl sites for hydroxylation is 1. The molecule has 1 N–H and O–H groups in total. The van der Waals surface area contributed by atoms with Gasteiger partial charge in [-0.25, -0.2) is 4.98 Å². The van der Waals surface area contributed by atoms with E-state index >= 15 is 0 Å².